The van der Waals surface area contributed by atoms with E-state index in [1.165, 1.54) is 13.1 Å². The molecule has 1 aromatic carbocycles. The minimum Gasteiger partial charge on any atom is -0.494 e. The minimum absolute atomic E-state index is 0.730. The quantitative estimate of drug-likeness (QED) is 0.623. The lowest BCUT2D eigenvalue weighted by molar-refractivity contribution is 0.198. The number of hydrogen-bond donors (Lipinski definition) is 0. The molecule has 0 aliphatic carbocycles. The summed E-state index contributed by atoms with van der Waals surface area (Å²) in [5, 5.41) is 0. The van der Waals surface area contributed by atoms with E-state index >= 15 is 0 Å². The molecule has 0 bridgehead atoms. The molecule has 19 heavy (non-hydrogen) atoms. The monoisotopic (exact) mass is 263 g/mol. The van der Waals surface area contributed by atoms with Gasteiger partial charge in [0.05, 0.1) is 6.61 Å². The van der Waals surface area contributed by atoms with Crippen LogP contribution in [-0.2, 0) is 0 Å². The third kappa shape index (κ3) is 7.89. The molecule has 0 heterocycles. The highest BCUT2D eigenvalue weighted by atomic mass is 16.5. The Morgan fingerprint density at radius 1 is 0.947 bits per heavy atom. The molecule has 0 saturated heterocycles. The van der Waals surface area contributed by atoms with Gasteiger partial charge in [-0.3, -0.25) is 0 Å². The first-order valence-electron chi connectivity index (χ1n) is 7.48. The Balaban J connectivity index is 2.23. The van der Waals surface area contributed by atoms with Crippen molar-refractivity contribution < 1.29 is 4.74 Å². The van der Waals surface area contributed by atoms with Crippen LogP contribution in [0.3, 0.4) is 0 Å². The molecular weight excluding hydrogens is 234 g/mol. The molecule has 0 unspecified atom stereocenters. The molecule has 0 fully saturated rings. The minimum atomic E-state index is 0.730. The van der Waals surface area contributed by atoms with Crippen LogP contribution in [0.5, 0.6) is 5.75 Å². The Bertz CT molecular complexity index is 311. The molecule has 0 radical (unpaired) electrons. The Morgan fingerprint density at radius 2 is 1.53 bits per heavy atom. The van der Waals surface area contributed by atoms with Gasteiger partial charge in [-0.25, -0.2) is 0 Å². The van der Waals surface area contributed by atoms with E-state index in [1.807, 2.05) is 30.3 Å². The second-order valence-electron chi connectivity index (χ2n) is 6.06. The Morgan fingerprint density at radius 3 is 2.05 bits per heavy atom. The van der Waals surface area contributed by atoms with Gasteiger partial charge in [-0.15, -0.1) is 0 Å². The lowest BCUT2D eigenvalue weighted by atomic mass is 10.1. The molecule has 108 valence electrons. The summed E-state index contributed by atoms with van der Waals surface area (Å²) in [5.41, 5.74) is 0. The van der Waals surface area contributed by atoms with Crippen molar-refractivity contribution in [2.75, 3.05) is 26.2 Å². The van der Waals surface area contributed by atoms with E-state index in [4.69, 9.17) is 4.74 Å². The van der Waals surface area contributed by atoms with Gasteiger partial charge in [0, 0.05) is 19.6 Å². The number of nitrogens with zero attached hydrogens (tertiary/aromatic N) is 1. The van der Waals surface area contributed by atoms with Gasteiger partial charge in [0.2, 0.25) is 0 Å². The van der Waals surface area contributed by atoms with E-state index < -0.39 is 0 Å². The standard InChI is InChI=1S/C17H29NO/c1-15(2)13-18(14-16(3)4)11-8-12-19-17-9-6-5-7-10-17/h5-7,9-10,15-16H,8,11-14H2,1-4H3. The predicted molar refractivity (Wildman–Crippen MR) is 82.7 cm³/mol. The van der Waals surface area contributed by atoms with Crippen LogP contribution < -0.4 is 4.74 Å². The third-order valence-electron chi connectivity index (χ3n) is 2.88. The van der Waals surface area contributed by atoms with E-state index in [0.29, 0.717) is 0 Å². The summed E-state index contributed by atoms with van der Waals surface area (Å²) in [6, 6.07) is 10.1. The third-order valence-corrected chi connectivity index (χ3v) is 2.88. The van der Waals surface area contributed by atoms with Gasteiger partial charge < -0.3 is 9.64 Å². The fourth-order valence-electron chi connectivity index (χ4n) is 2.28. The molecule has 1 aromatic rings. The smallest absolute Gasteiger partial charge is 0.119 e. The largest absolute Gasteiger partial charge is 0.494 e. The van der Waals surface area contributed by atoms with Crippen molar-refractivity contribution in [2.24, 2.45) is 11.8 Å². The van der Waals surface area contributed by atoms with Gasteiger partial charge in [-0.2, -0.15) is 0 Å². The first-order valence-corrected chi connectivity index (χ1v) is 7.48. The van der Waals surface area contributed by atoms with Crippen LogP contribution >= 0.6 is 0 Å². The van der Waals surface area contributed by atoms with Crippen LogP contribution in [0.2, 0.25) is 0 Å². The molecule has 0 spiro atoms. The van der Waals surface area contributed by atoms with Crippen molar-refractivity contribution in [3.05, 3.63) is 30.3 Å². The highest BCUT2D eigenvalue weighted by molar-refractivity contribution is 5.20. The average molecular weight is 263 g/mol. The van der Waals surface area contributed by atoms with Crippen molar-refractivity contribution in [3.8, 4) is 5.75 Å². The number of ether oxygens (including phenoxy) is 1. The van der Waals surface area contributed by atoms with Gasteiger partial charge in [-0.1, -0.05) is 45.9 Å². The van der Waals surface area contributed by atoms with Crippen molar-refractivity contribution in [2.45, 2.75) is 34.1 Å². The van der Waals surface area contributed by atoms with Crippen LogP contribution in [0.25, 0.3) is 0 Å². The molecule has 0 amide bonds. The van der Waals surface area contributed by atoms with Crippen LogP contribution in [0.1, 0.15) is 34.1 Å². The van der Waals surface area contributed by atoms with Crippen molar-refractivity contribution >= 4 is 0 Å². The van der Waals surface area contributed by atoms with Gasteiger partial charge in [0.25, 0.3) is 0 Å². The van der Waals surface area contributed by atoms with E-state index in [1.54, 1.807) is 0 Å². The second-order valence-corrected chi connectivity index (χ2v) is 6.06. The van der Waals surface area contributed by atoms with Crippen LogP contribution in [0, 0.1) is 11.8 Å². The Labute approximate surface area is 118 Å². The highest BCUT2D eigenvalue weighted by Crippen LogP contribution is 2.09. The molecule has 0 N–H and O–H groups in total. The SMILES string of the molecule is CC(C)CN(CCCOc1ccccc1)CC(C)C. The van der Waals surface area contributed by atoms with Crippen LogP contribution in [-0.4, -0.2) is 31.1 Å². The molecular formula is C17H29NO. The average Bonchev–Trinajstić information content (AvgIpc) is 2.34. The Hall–Kier alpha value is -1.02. The van der Waals surface area contributed by atoms with Crippen molar-refractivity contribution in [3.63, 3.8) is 0 Å². The van der Waals surface area contributed by atoms with Gasteiger partial charge >= 0.3 is 0 Å². The zero-order chi connectivity index (χ0) is 14.1. The molecule has 2 nitrogen and oxygen atoms in total. The summed E-state index contributed by atoms with van der Waals surface area (Å²) in [6.45, 7) is 13.4. The van der Waals surface area contributed by atoms with E-state index in [9.17, 15) is 0 Å². The maximum absolute atomic E-state index is 5.74. The number of para-hydroxylation sites is 1. The first-order chi connectivity index (χ1) is 9.08. The summed E-state index contributed by atoms with van der Waals surface area (Å²) in [6.07, 6.45) is 1.09. The topological polar surface area (TPSA) is 12.5 Å². The molecule has 0 aromatic heterocycles. The molecule has 0 saturated carbocycles. The summed E-state index contributed by atoms with van der Waals surface area (Å²) in [7, 11) is 0. The number of rotatable bonds is 9. The molecule has 0 aliphatic heterocycles. The number of hydrogen-bond acceptors (Lipinski definition) is 2. The zero-order valence-electron chi connectivity index (χ0n) is 12.9. The van der Waals surface area contributed by atoms with E-state index in [2.05, 4.69) is 32.6 Å². The Kier molecular flexibility index (Phi) is 7.57. The molecule has 0 atom stereocenters. The van der Waals surface area contributed by atoms with Crippen molar-refractivity contribution in [1.82, 2.24) is 4.90 Å². The van der Waals surface area contributed by atoms with E-state index in [0.717, 1.165) is 37.2 Å². The summed E-state index contributed by atoms with van der Waals surface area (Å²) < 4.78 is 5.74. The predicted octanol–water partition coefficient (Wildman–Crippen LogP) is 4.07. The van der Waals surface area contributed by atoms with Crippen LogP contribution in [0.15, 0.2) is 30.3 Å². The summed E-state index contributed by atoms with van der Waals surface area (Å²) in [4.78, 5) is 2.56. The summed E-state index contributed by atoms with van der Waals surface area (Å²) in [5.74, 6) is 2.43. The van der Waals surface area contributed by atoms with E-state index in [-0.39, 0.29) is 0 Å². The molecule has 0 aliphatic rings. The summed E-state index contributed by atoms with van der Waals surface area (Å²) >= 11 is 0. The van der Waals surface area contributed by atoms with Gasteiger partial charge in [0.15, 0.2) is 0 Å². The second kappa shape index (κ2) is 8.98. The molecule has 1 rings (SSSR count). The lowest BCUT2D eigenvalue weighted by Gasteiger charge is -2.26. The normalized spacial score (nSPS) is 11.5. The number of benzene rings is 1. The van der Waals surface area contributed by atoms with Gasteiger partial charge in [0.1, 0.15) is 5.75 Å². The molecule has 2 heteroatoms. The maximum Gasteiger partial charge on any atom is 0.119 e. The fraction of sp³-hybridized carbons (Fsp3) is 0.647. The zero-order valence-corrected chi connectivity index (χ0v) is 12.9. The first kappa shape index (κ1) is 16.0. The lowest BCUT2D eigenvalue weighted by Crippen LogP contribution is -2.33. The van der Waals surface area contributed by atoms with Crippen molar-refractivity contribution in [1.29, 1.82) is 0 Å². The van der Waals surface area contributed by atoms with Gasteiger partial charge in [-0.05, 0) is 30.4 Å². The fourth-order valence-corrected chi connectivity index (χ4v) is 2.28. The van der Waals surface area contributed by atoms with Crippen LogP contribution in [0.4, 0.5) is 0 Å². The highest BCUT2D eigenvalue weighted by Gasteiger charge is 2.09. The maximum atomic E-state index is 5.74.